The highest BCUT2D eigenvalue weighted by Gasteiger charge is 2.26. The van der Waals surface area contributed by atoms with Crippen molar-refractivity contribution in [1.29, 1.82) is 0 Å². The highest BCUT2D eigenvalue weighted by atomic mass is 15.1. The molecule has 0 aliphatic rings. The summed E-state index contributed by atoms with van der Waals surface area (Å²) in [6.07, 6.45) is 4.67. The van der Waals surface area contributed by atoms with Crippen LogP contribution in [0, 0.1) is 41.5 Å². The van der Waals surface area contributed by atoms with Gasteiger partial charge in [0.05, 0.1) is 11.4 Å². The summed E-state index contributed by atoms with van der Waals surface area (Å²) in [7, 11) is 0. The van der Waals surface area contributed by atoms with Crippen LogP contribution in [0.1, 0.15) is 66.8 Å². The van der Waals surface area contributed by atoms with E-state index in [1.54, 1.807) is 0 Å². The number of aryl methyl sites for hydroxylation is 6. The van der Waals surface area contributed by atoms with Crippen molar-refractivity contribution in [3.63, 3.8) is 0 Å². The topological polar surface area (TPSA) is 6.48 Å². The van der Waals surface area contributed by atoms with Crippen molar-refractivity contribution in [1.82, 2.24) is 0 Å². The largest absolute Gasteiger partial charge is 0.310 e. The number of rotatable bonds is 12. The van der Waals surface area contributed by atoms with Crippen LogP contribution in [-0.4, -0.2) is 0 Å². The minimum Gasteiger partial charge on any atom is -0.310 e. The SMILES string of the molecule is Cc1ccc(C(=Cc2ccc(N(c3ccc(C)cc3)c3ccc4c5c3cccc5c3cccc5c3c4c3cccc4c6cccc7c(N(c8ccc(C)cc8)c8ccc(C=C(c9ccc(C)cc9)c9ccc(C)cc9)cc8)ccc(c76)c5c43)cc2)c2ccc(C)cc2)cc1. The number of anilines is 6. The highest BCUT2D eigenvalue weighted by Crippen LogP contribution is 2.54. The van der Waals surface area contributed by atoms with Crippen molar-refractivity contribution in [3.05, 3.63) is 358 Å². The van der Waals surface area contributed by atoms with Gasteiger partial charge in [0.2, 0.25) is 0 Å². The third-order valence-electron chi connectivity index (χ3n) is 19.8. The number of hydrogen-bond acceptors (Lipinski definition) is 2. The minimum atomic E-state index is 1.10. The van der Waals surface area contributed by atoms with E-state index < -0.39 is 0 Å². The zero-order valence-electron chi connectivity index (χ0n) is 53.8. The lowest BCUT2D eigenvalue weighted by Crippen LogP contribution is -2.11. The molecule has 446 valence electrons. The van der Waals surface area contributed by atoms with Crippen LogP contribution in [0.3, 0.4) is 0 Å². The van der Waals surface area contributed by atoms with E-state index in [9.17, 15) is 0 Å². The molecular weight excluding hydrogens is 1130 g/mol. The van der Waals surface area contributed by atoms with E-state index in [4.69, 9.17) is 0 Å². The smallest absolute Gasteiger partial charge is 0.0540 e. The van der Waals surface area contributed by atoms with E-state index in [0.717, 1.165) is 45.3 Å². The molecule has 0 radical (unpaired) electrons. The van der Waals surface area contributed by atoms with Gasteiger partial charge in [-0.05, 0) is 234 Å². The lowest BCUT2D eigenvalue weighted by molar-refractivity contribution is 1.29. The second-order valence-electron chi connectivity index (χ2n) is 26.0. The Morgan fingerprint density at radius 2 is 0.426 bits per heavy atom. The third-order valence-corrected chi connectivity index (χ3v) is 19.8. The van der Waals surface area contributed by atoms with Crippen molar-refractivity contribution in [2.24, 2.45) is 0 Å². The lowest BCUT2D eigenvalue weighted by Gasteiger charge is -2.29. The molecular formula is C92H68N2. The number of fused-ring (bicyclic) bond motifs is 6. The number of hydrogen-bond donors (Lipinski definition) is 0. The molecule has 0 bridgehead atoms. The monoisotopic (exact) mass is 1200 g/mol. The molecule has 17 aromatic carbocycles. The first-order valence-electron chi connectivity index (χ1n) is 32.9. The Morgan fingerprint density at radius 1 is 0.202 bits per heavy atom. The fourth-order valence-corrected chi connectivity index (χ4v) is 15.0. The zero-order chi connectivity index (χ0) is 63.3. The normalized spacial score (nSPS) is 11.7. The van der Waals surface area contributed by atoms with Gasteiger partial charge in [0.15, 0.2) is 0 Å². The van der Waals surface area contributed by atoms with Crippen LogP contribution >= 0.6 is 0 Å². The summed E-state index contributed by atoms with van der Waals surface area (Å²) in [6.45, 7) is 12.9. The van der Waals surface area contributed by atoms with Gasteiger partial charge in [-0.2, -0.15) is 0 Å². The van der Waals surface area contributed by atoms with E-state index in [1.165, 1.54) is 153 Å². The Kier molecular flexibility index (Phi) is 13.6. The van der Waals surface area contributed by atoms with Crippen molar-refractivity contribution >= 4 is 144 Å². The van der Waals surface area contributed by atoms with Gasteiger partial charge in [0.25, 0.3) is 0 Å². The van der Waals surface area contributed by atoms with Crippen molar-refractivity contribution < 1.29 is 0 Å². The zero-order valence-corrected chi connectivity index (χ0v) is 53.8. The first-order chi connectivity index (χ1) is 46.1. The maximum atomic E-state index is 2.46. The van der Waals surface area contributed by atoms with E-state index in [1.807, 2.05) is 0 Å². The summed E-state index contributed by atoms with van der Waals surface area (Å²) in [5, 5.41) is 20.3. The van der Waals surface area contributed by atoms with Gasteiger partial charge in [-0.15, -0.1) is 0 Å². The van der Waals surface area contributed by atoms with Gasteiger partial charge in [-0.3, -0.25) is 0 Å². The molecule has 0 spiro atoms. The van der Waals surface area contributed by atoms with E-state index in [2.05, 4.69) is 355 Å². The van der Waals surface area contributed by atoms with Gasteiger partial charge in [0, 0.05) is 33.5 Å². The highest BCUT2D eigenvalue weighted by molar-refractivity contribution is 6.48. The quantitative estimate of drug-likeness (QED) is 0.0683. The van der Waals surface area contributed by atoms with Crippen LogP contribution in [-0.2, 0) is 0 Å². The Bertz CT molecular complexity index is 5360. The summed E-state index contributed by atoms with van der Waals surface area (Å²) in [4.78, 5) is 4.91. The molecule has 2 heteroatoms. The Hall–Kier alpha value is -11.6. The summed E-state index contributed by atoms with van der Waals surface area (Å²) >= 11 is 0. The van der Waals surface area contributed by atoms with E-state index in [-0.39, 0.29) is 0 Å². The predicted molar refractivity (Wildman–Crippen MR) is 406 cm³/mol. The van der Waals surface area contributed by atoms with E-state index >= 15 is 0 Å². The lowest BCUT2D eigenvalue weighted by atomic mass is 9.81. The Labute approximate surface area is 549 Å². The molecule has 0 N–H and O–H groups in total. The van der Waals surface area contributed by atoms with Crippen LogP contribution < -0.4 is 9.80 Å². The third kappa shape index (κ3) is 9.55. The molecule has 0 aromatic heterocycles. The average Bonchev–Trinajstić information content (AvgIpc) is 0.682. The van der Waals surface area contributed by atoms with Crippen LogP contribution in [0.4, 0.5) is 34.1 Å². The molecule has 0 amide bonds. The molecule has 17 aromatic rings. The second-order valence-corrected chi connectivity index (χ2v) is 26.0. The van der Waals surface area contributed by atoms with E-state index in [0.29, 0.717) is 0 Å². The van der Waals surface area contributed by atoms with Gasteiger partial charge in [0.1, 0.15) is 0 Å². The predicted octanol–water partition coefficient (Wildman–Crippen LogP) is 25.8. The first-order valence-corrected chi connectivity index (χ1v) is 32.9. The van der Waals surface area contributed by atoms with Crippen molar-refractivity contribution in [2.45, 2.75) is 41.5 Å². The molecule has 0 saturated heterocycles. The Morgan fingerprint density at radius 3 is 0.723 bits per heavy atom. The second kappa shape index (κ2) is 22.7. The molecule has 0 saturated carbocycles. The maximum absolute atomic E-state index is 2.46. The molecule has 0 unspecified atom stereocenters. The Balaban J connectivity index is 0.828. The fraction of sp³-hybridized carbons (Fsp3) is 0.0652. The van der Waals surface area contributed by atoms with Gasteiger partial charge >= 0.3 is 0 Å². The molecule has 17 rings (SSSR count). The summed E-state index contributed by atoms with van der Waals surface area (Å²) < 4.78 is 0. The first kappa shape index (κ1) is 56.4. The summed E-state index contributed by atoms with van der Waals surface area (Å²) in [5.41, 5.74) is 23.6. The molecule has 0 fully saturated rings. The average molecular weight is 1200 g/mol. The summed E-state index contributed by atoms with van der Waals surface area (Å²) in [5.74, 6) is 0. The van der Waals surface area contributed by atoms with Crippen molar-refractivity contribution in [3.8, 4) is 0 Å². The van der Waals surface area contributed by atoms with Crippen molar-refractivity contribution in [2.75, 3.05) is 9.80 Å². The van der Waals surface area contributed by atoms with Gasteiger partial charge in [-0.25, -0.2) is 0 Å². The van der Waals surface area contributed by atoms with Crippen LogP contribution in [0.25, 0.3) is 109 Å². The molecule has 94 heavy (non-hydrogen) atoms. The number of nitrogens with zero attached hydrogens (tertiary/aromatic N) is 2. The molecule has 0 aliphatic carbocycles. The maximum Gasteiger partial charge on any atom is 0.0540 e. The van der Waals surface area contributed by atoms with Crippen LogP contribution in [0.5, 0.6) is 0 Å². The molecule has 0 aliphatic heterocycles. The summed E-state index contributed by atoms with van der Waals surface area (Å²) in [6, 6.07) is 110. The molecule has 0 heterocycles. The van der Waals surface area contributed by atoms with Crippen LogP contribution in [0.2, 0.25) is 0 Å². The number of benzene rings is 17. The molecule has 0 atom stereocenters. The van der Waals surface area contributed by atoms with Crippen LogP contribution in [0.15, 0.2) is 291 Å². The standard InChI is InChI=1S/C92H68N2/c1-57-19-35-65(36-20-57)83(66-37-21-58(2)22-38-66)55-63-31-47-71(48-32-63)93(69-43-27-61(5)28-44-69)85-53-51-81-87-73(11-7-15-77(85)87)75-13-9-18-80-89(75)91(81)79-17-10-14-76-74-12-8-16-78-86(54-52-82(88(74)78)92(80)90(76)79)94(70-45-29-62(6)30-46-70)72-49-33-64(34-50-72)56-84(67-39-23-59(3)24-40-67)68-41-25-60(4)26-42-68/h7-56H,1-6H3. The minimum absolute atomic E-state index is 1.10. The fourth-order valence-electron chi connectivity index (χ4n) is 15.0. The molecule has 2 nitrogen and oxygen atoms in total. The van der Waals surface area contributed by atoms with Gasteiger partial charge in [-0.1, -0.05) is 264 Å². The van der Waals surface area contributed by atoms with Gasteiger partial charge < -0.3 is 9.80 Å².